The van der Waals surface area contributed by atoms with Crippen molar-refractivity contribution in [3.8, 4) is 17.2 Å². The van der Waals surface area contributed by atoms with Gasteiger partial charge in [-0.05, 0) is 64.9 Å². The van der Waals surface area contributed by atoms with Crippen LogP contribution in [0.5, 0.6) is 0 Å². The first kappa shape index (κ1) is 24.9. The van der Waals surface area contributed by atoms with Gasteiger partial charge in [0.05, 0.1) is 23.6 Å². The fourth-order valence-electron chi connectivity index (χ4n) is 5.07. The van der Waals surface area contributed by atoms with E-state index in [0.29, 0.717) is 17.5 Å². The van der Waals surface area contributed by atoms with E-state index in [-0.39, 0.29) is 23.8 Å². The second kappa shape index (κ2) is 11.1. The van der Waals surface area contributed by atoms with Gasteiger partial charge in [-0.3, -0.25) is 14.5 Å². The maximum absolute atomic E-state index is 13.6. The molecule has 38 heavy (non-hydrogen) atoms. The minimum absolute atomic E-state index is 0.194. The van der Waals surface area contributed by atoms with Crippen LogP contribution < -0.4 is 0 Å². The van der Waals surface area contributed by atoms with Crippen LogP contribution in [0.1, 0.15) is 39.5 Å². The van der Waals surface area contributed by atoms with E-state index in [1.807, 2.05) is 84.9 Å². The SMILES string of the molecule is CCc1ccccc1-c1ccc(C(=O)N2C(=O)[C@H](Cc3cccc(C#N)c3)[C@H]2/C=C/c2ccccc2)cc1. The molecule has 1 fully saturated rings. The molecular formula is C34H28N2O2. The highest BCUT2D eigenvalue weighted by atomic mass is 16.2. The summed E-state index contributed by atoms with van der Waals surface area (Å²) in [5.41, 5.74) is 6.40. The fourth-order valence-corrected chi connectivity index (χ4v) is 5.07. The van der Waals surface area contributed by atoms with Gasteiger partial charge in [0.2, 0.25) is 5.91 Å². The smallest absolute Gasteiger partial charge is 0.261 e. The number of aryl methyl sites for hydroxylation is 1. The van der Waals surface area contributed by atoms with Gasteiger partial charge < -0.3 is 0 Å². The van der Waals surface area contributed by atoms with Crippen LogP contribution in [0.25, 0.3) is 17.2 Å². The number of hydrogen-bond acceptors (Lipinski definition) is 3. The zero-order valence-corrected chi connectivity index (χ0v) is 21.2. The molecule has 5 rings (SSSR count). The van der Waals surface area contributed by atoms with E-state index in [2.05, 4.69) is 25.1 Å². The second-order valence-electron chi connectivity index (χ2n) is 9.48. The minimum Gasteiger partial charge on any atom is -0.274 e. The van der Waals surface area contributed by atoms with Crippen LogP contribution in [-0.4, -0.2) is 22.8 Å². The van der Waals surface area contributed by atoms with Gasteiger partial charge in [-0.25, -0.2) is 0 Å². The van der Waals surface area contributed by atoms with E-state index < -0.39 is 0 Å². The van der Waals surface area contributed by atoms with Crippen molar-refractivity contribution in [3.05, 3.63) is 137 Å². The van der Waals surface area contributed by atoms with Gasteiger partial charge in [-0.1, -0.05) is 97.9 Å². The first-order valence-corrected chi connectivity index (χ1v) is 12.9. The van der Waals surface area contributed by atoms with Crippen LogP contribution in [-0.2, 0) is 17.6 Å². The summed E-state index contributed by atoms with van der Waals surface area (Å²) in [6, 6.07) is 34.7. The largest absolute Gasteiger partial charge is 0.274 e. The summed E-state index contributed by atoms with van der Waals surface area (Å²) in [5.74, 6) is -0.862. The van der Waals surface area contributed by atoms with E-state index in [0.717, 1.165) is 28.7 Å². The van der Waals surface area contributed by atoms with Crippen LogP contribution in [0.3, 0.4) is 0 Å². The Labute approximate surface area is 223 Å². The lowest BCUT2D eigenvalue weighted by Gasteiger charge is -2.44. The van der Waals surface area contributed by atoms with Gasteiger partial charge in [0.25, 0.3) is 5.91 Å². The van der Waals surface area contributed by atoms with Crippen LogP contribution in [0, 0.1) is 17.2 Å². The van der Waals surface area contributed by atoms with Crippen LogP contribution in [0.15, 0.2) is 109 Å². The molecule has 0 N–H and O–H groups in total. The van der Waals surface area contributed by atoms with Crippen molar-refractivity contribution in [1.82, 2.24) is 4.90 Å². The van der Waals surface area contributed by atoms with Crippen molar-refractivity contribution in [2.75, 3.05) is 0 Å². The number of imide groups is 1. The van der Waals surface area contributed by atoms with Gasteiger partial charge in [-0.2, -0.15) is 5.26 Å². The molecule has 0 saturated carbocycles. The van der Waals surface area contributed by atoms with E-state index in [1.54, 1.807) is 18.2 Å². The van der Waals surface area contributed by atoms with Gasteiger partial charge >= 0.3 is 0 Å². The predicted molar refractivity (Wildman–Crippen MR) is 150 cm³/mol. The molecule has 0 spiro atoms. The number of nitrogens with zero attached hydrogens (tertiary/aromatic N) is 2. The van der Waals surface area contributed by atoms with Gasteiger partial charge in [0, 0.05) is 5.56 Å². The lowest BCUT2D eigenvalue weighted by Crippen LogP contribution is -2.62. The first-order valence-electron chi connectivity index (χ1n) is 12.9. The molecule has 1 heterocycles. The zero-order chi connectivity index (χ0) is 26.5. The predicted octanol–water partition coefficient (Wildman–Crippen LogP) is 6.71. The van der Waals surface area contributed by atoms with E-state index in [9.17, 15) is 14.9 Å². The second-order valence-corrected chi connectivity index (χ2v) is 9.48. The Hall–Kier alpha value is -4.75. The highest BCUT2D eigenvalue weighted by molar-refractivity contribution is 6.10. The number of nitriles is 1. The number of carbonyl (C=O) groups is 2. The Kier molecular flexibility index (Phi) is 7.28. The monoisotopic (exact) mass is 496 g/mol. The molecule has 4 aromatic carbocycles. The molecule has 2 atom stereocenters. The number of hydrogen-bond donors (Lipinski definition) is 0. The van der Waals surface area contributed by atoms with Crippen molar-refractivity contribution >= 4 is 17.9 Å². The van der Waals surface area contributed by atoms with Crippen molar-refractivity contribution in [2.45, 2.75) is 25.8 Å². The highest BCUT2D eigenvalue weighted by Crippen LogP contribution is 2.34. The average molecular weight is 497 g/mol. The molecule has 1 aliphatic heterocycles. The molecule has 0 aliphatic carbocycles. The lowest BCUT2D eigenvalue weighted by molar-refractivity contribution is -0.147. The Balaban J connectivity index is 1.41. The Morgan fingerprint density at radius 1 is 0.921 bits per heavy atom. The number of β-lactam (4-membered cyclic amide) rings is 1. The van der Waals surface area contributed by atoms with E-state index in [1.165, 1.54) is 10.5 Å². The molecule has 0 aromatic heterocycles. The van der Waals surface area contributed by atoms with Crippen LogP contribution in [0.4, 0.5) is 0 Å². The molecular weight excluding hydrogens is 468 g/mol. The Morgan fingerprint density at radius 3 is 2.39 bits per heavy atom. The molecule has 2 amide bonds. The summed E-state index contributed by atoms with van der Waals surface area (Å²) in [7, 11) is 0. The summed E-state index contributed by atoms with van der Waals surface area (Å²) >= 11 is 0. The van der Waals surface area contributed by atoms with Crippen molar-refractivity contribution in [1.29, 1.82) is 5.26 Å². The molecule has 4 aromatic rings. The third-order valence-corrected chi connectivity index (χ3v) is 7.12. The molecule has 4 heteroatoms. The third-order valence-electron chi connectivity index (χ3n) is 7.12. The summed E-state index contributed by atoms with van der Waals surface area (Å²) in [5, 5.41) is 9.26. The summed E-state index contributed by atoms with van der Waals surface area (Å²) < 4.78 is 0. The van der Waals surface area contributed by atoms with Gasteiger partial charge in [-0.15, -0.1) is 0 Å². The summed E-state index contributed by atoms with van der Waals surface area (Å²) in [6.45, 7) is 2.13. The van der Waals surface area contributed by atoms with Gasteiger partial charge in [0.1, 0.15) is 0 Å². The highest BCUT2D eigenvalue weighted by Gasteiger charge is 2.49. The number of likely N-dealkylation sites (tertiary alicyclic amines) is 1. The summed E-state index contributed by atoms with van der Waals surface area (Å²) in [6.07, 6.45) is 5.29. The molecule has 1 aliphatic rings. The lowest BCUT2D eigenvalue weighted by atomic mass is 9.81. The van der Waals surface area contributed by atoms with E-state index >= 15 is 0 Å². The number of amides is 2. The molecule has 0 unspecified atom stereocenters. The first-order chi connectivity index (χ1) is 18.6. The van der Waals surface area contributed by atoms with Gasteiger partial charge in [0.15, 0.2) is 0 Å². The topological polar surface area (TPSA) is 61.2 Å². The normalized spacial score (nSPS) is 16.7. The average Bonchev–Trinajstić information content (AvgIpc) is 2.98. The standard InChI is InChI=1S/C34H28N2O2/c1-2-27-13-6-7-14-30(27)28-16-18-29(19-17-28)33(37)36-32(20-15-24-9-4-3-5-10-24)31(34(36)38)22-25-11-8-12-26(21-25)23-35/h3-21,31-32H,2,22H2,1H3/b20-15+/t31-,32-/m1/s1. The molecule has 0 radical (unpaired) electrons. The number of benzene rings is 4. The third kappa shape index (κ3) is 5.05. The molecule has 186 valence electrons. The quantitative estimate of drug-likeness (QED) is 0.211. The van der Waals surface area contributed by atoms with Crippen LogP contribution in [0.2, 0.25) is 0 Å². The van der Waals surface area contributed by atoms with Crippen molar-refractivity contribution < 1.29 is 9.59 Å². The summed E-state index contributed by atoms with van der Waals surface area (Å²) in [4.78, 5) is 28.3. The maximum Gasteiger partial charge on any atom is 0.261 e. The van der Waals surface area contributed by atoms with Crippen molar-refractivity contribution in [2.24, 2.45) is 5.92 Å². The Bertz CT molecular complexity index is 1530. The minimum atomic E-state index is -0.374. The fraction of sp³-hybridized carbons (Fsp3) is 0.147. The van der Waals surface area contributed by atoms with Crippen LogP contribution >= 0.6 is 0 Å². The molecule has 1 saturated heterocycles. The molecule has 4 nitrogen and oxygen atoms in total. The zero-order valence-electron chi connectivity index (χ0n) is 21.2. The van der Waals surface area contributed by atoms with Crippen molar-refractivity contribution in [3.63, 3.8) is 0 Å². The molecule has 0 bridgehead atoms. The Morgan fingerprint density at radius 2 is 1.66 bits per heavy atom. The van der Waals surface area contributed by atoms with E-state index in [4.69, 9.17) is 0 Å². The maximum atomic E-state index is 13.6. The number of carbonyl (C=O) groups excluding carboxylic acids is 2. The number of rotatable bonds is 7.